The smallest absolute Gasteiger partial charge is 0.124 e. The third kappa shape index (κ3) is 4.20. The van der Waals surface area contributed by atoms with Crippen LogP contribution in [0.2, 0.25) is 0 Å². The summed E-state index contributed by atoms with van der Waals surface area (Å²) in [5, 5.41) is 0. The van der Waals surface area contributed by atoms with Gasteiger partial charge in [0.1, 0.15) is 6.17 Å². The number of alkyl halides is 1. The average molecular weight is 319 g/mol. The summed E-state index contributed by atoms with van der Waals surface area (Å²) < 4.78 is 16.8. The molecule has 0 fully saturated rings. The molecule has 0 aliphatic rings. The summed E-state index contributed by atoms with van der Waals surface area (Å²) in [7, 11) is 0. The van der Waals surface area contributed by atoms with Crippen molar-refractivity contribution >= 4 is 11.8 Å². The Hall–Kier alpha value is -1.68. The molecule has 23 heavy (non-hydrogen) atoms. The summed E-state index contributed by atoms with van der Waals surface area (Å²) in [5.74, 6) is -0.132. The lowest BCUT2D eigenvalue weighted by molar-refractivity contribution is 0.161. The SMILES string of the molecule is C=Cc1cn(C(C)C(F)C(CC)CN)c(C)c1/C(C)=N\C(=C)C. The molecule has 1 heterocycles. The van der Waals surface area contributed by atoms with Crippen molar-refractivity contribution in [2.24, 2.45) is 16.6 Å². The molecule has 0 aliphatic heterocycles. The first-order valence-electron chi connectivity index (χ1n) is 8.17. The molecule has 0 saturated carbocycles. The highest BCUT2D eigenvalue weighted by atomic mass is 19.1. The highest BCUT2D eigenvalue weighted by Crippen LogP contribution is 2.29. The van der Waals surface area contributed by atoms with Crippen molar-refractivity contribution in [3.05, 3.63) is 41.9 Å². The van der Waals surface area contributed by atoms with Gasteiger partial charge in [0, 0.05) is 40.3 Å². The van der Waals surface area contributed by atoms with Gasteiger partial charge < -0.3 is 10.3 Å². The van der Waals surface area contributed by atoms with Gasteiger partial charge >= 0.3 is 0 Å². The third-order valence-electron chi connectivity index (χ3n) is 4.43. The van der Waals surface area contributed by atoms with E-state index in [0.717, 1.165) is 34.7 Å². The van der Waals surface area contributed by atoms with Crippen molar-refractivity contribution in [2.45, 2.75) is 53.3 Å². The first kappa shape index (κ1) is 19.4. The van der Waals surface area contributed by atoms with Crippen LogP contribution in [0, 0.1) is 12.8 Å². The Balaban J connectivity index is 3.32. The van der Waals surface area contributed by atoms with E-state index in [4.69, 9.17) is 5.73 Å². The van der Waals surface area contributed by atoms with Gasteiger partial charge in [0.2, 0.25) is 0 Å². The number of rotatable bonds is 8. The molecule has 1 aromatic rings. The predicted octanol–water partition coefficient (Wildman–Crippen LogP) is 4.67. The van der Waals surface area contributed by atoms with Gasteiger partial charge in [-0.15, -0.1) is 0 Å². The van der Waals surface area contributed by atoms with E-state index in [0.29, 0.717) is 6.54 Å². The van der Waals surface area contributed by atoms with Crippen molar-refractivity contribution in [3.8, 4) is 0 Å². The minimum absolute atomic E-state index is 0.132. The van der Waals surface area contributed by atoms with Gasteiger partial charge in [-0.25, -0.2) is 4.39 Å². The number of hydrogen-bond donors (Lipinski definition) is 1. The Morgan fingerprint density at radius 3 is 2.52 bits per heavy atom. The fourth-order valence-electron chi connectivity index (χ4n) is 3.11. The topological polar surface area (TPSA) is 43.3 Å². The number of nitrogens with zero attached hydrogens (tertiary/aromatic N) is 2. The number of aliphatic imine (C=N–C) groups is 1. The van der Waals surface area contributed by atoms with Crippen LogP contribution in [0.4, 0.5) is 4.39 Å². The highest BCUT2D eigenvalue weighted by Gasteiger charge is 2.27. The molecule has 0 aliphatic carbocycles. The highest BCUT2D eigenvalue weighted by molar-refractivity contribution is 6.03. The molecule has 0 radical (unpaired) electrons. The molecule has 1 rings (SSSR count). The minimum Gasteiger partial charge on any atom is -0.345 e. The fraction of sp³-hybridized carbons (Fsp3) is 0.526. The Morgan fingerprint density at radius 1 is 1.48 bits per heavy atom. The maximum atomic E-state index is 14.8. The summed E-state index contributed by atoms with van der Waals surface area (Å²) in [6, 6.07) is -0.284. The number of hydrogen-bond acceptors (Lipinski definition) is 2. The van der Waals surface area contributed by atoms with E-state index in [1.165, 1.54) is 0 Å². The first-order chi connectivity index (χ1) is 10.8. The third-order valence-corrected chi connectivity index (χ3v) is 4.43. The number of aromatic nitrogens is 1. The van der Waals surface area contributed by atoms with Crippen molar-refractivity contribution < 1.29 is 4.39 Å². The Morgan fingerprint density at radius 2 is 2.09 bits per heavy atom. The largest absolute Gasteiger partial charge is 0.345 e. The molecule has 1 aromatic heterocycles. The van der Waals surface area contributed by atoms with Crippen LogP contribution in [0.15, 0.2) is 30.0 Å². The van der Waals surface area contributed by atoms with Crippen LogP contribution in [-0.4, -0.2) is 23.0 Å². The number of halogens is 1. The van der Waals surface area contributed by atoms with Crippen molar-refractivity contribution in [1.82, 2.24) is 4.57 Å². The molecule has 3 nitrogen and oxygen atoms in total. The first-order valence-corrected chi connectivity index (χ1v) is 8.17. The van der Waals surface area contributed by atoms with Crippen LogP contribution in [-0.2, 0) is 0 Å². The molecule has 3 unspecified atom stereocenters. The minimum atomic E-state index is -0.986. The van der Waals surface area contributed by atoms with Crippen LogP contribution in [0.3, 0.4) is 0 Å². The second-order valence-corrected chi connectivity index (χ2v) is 6.18. The van der Waals surface area contributed by atoms with Gasteiger partial charge in [-0.05, 0) is 40.7 Å². The Kier molecular flexibility index (Phi) is 6.95. The van der Waals surface area contributed by atoms with Gasteiger partial charge in [0.05, 0.1) is 6.04 Å². The van der Waals surface area contributed by atoms with E-state index in [-0.39, 0.29) is 12.0 Å². The predicted molar refractivity (Wildman–Crippen MR) is 98.7 cm³/mol. The molecule has 0 saturated heterocycles. The lowest BCUT2D eigenvalue weighted by Crippen LogP contribution is -2.31. The van der Waals surface area contributed by atoms with Gasteiger partial charge in [-0.1, -0.05) is 26.2 Å². The Labute approximate surface area is 139 Å². The molecule has 0 spiro atoms. The molecular formula is C19H30FN3. The summed E-state index contributed by atoms with van der Waals surface area (Å²) in [6.07, 6.45) is 3.49. The quantitative estimate of drug-likeness (QED) is 0.695. The molecular weight excluding hydrogens is 289 g/mol. The van der Waals surface area contributed by atoms with E-state index in [1.54, 1.807) is 6.08 Å². The van der Waals surface area contributed by atoms with Crippen molar-refractivity contribution in [3.63, 3.8) is 0 Å². The fourth-order valence-corrected chi connectivity index (χ4v) is 3.11. The van der Waals surface area contributed by atoms with E-state index >= 15 is 0 Å². The lowest BCUT2D eigenvalue weighted by Gasteiger charge is -2.26. The van der Waals surface area contributed by atoms with Crippen molar-refractivity contribution in [2.75, 3.05) is 6.54 Å². The summed E-state index contributed by atoms with van der Waals surface area (Å²) >= 11 is 0. The second kappa shape index (κ2) is 8.25. The van der Waals surface area contributed by atoms with Crippen LogP contribution < -0.4 is 5.73 Å². The monoisotopic (exact) mass is 319 g/mol. The number of nitrogens with two attached hydrogens (primary N) is 1. The van der Waals surface area contributed by atoms with Crippen LogP contribution in [0.25, 0.3) is 6.08 Å². The van der Waals surface area contributed by atoms with E-state index in [2.05, 4.69) is 18.2 Å². The van der Waals surface area contributed by atoms with Crippen LogP contribution in [0.1, 0.15) is 57.0 Å². The molecule has 128 valence electrons. The maximum absolute atomic E-state index is 14.8. The van der Waals surface area contributed by atoms with Gasteiger partial charge in [-0.3, -0.25) is 4.99 Å². The zero-order valence-electron chi connectivity index (χ0n) is 15.1. The molecule has 4 heteroatoms. The molecule has 0 bridgehead atoms. The average Bonchev–Trinajstić information content (AvgIpc) is 2.83. The maximum Gasteiger partial charge on any atom is 0.124 e. The zero-order valence-corrected chi connectivity index (χ0v) is 15.1. The van der Waals surface area contributed by atoms with Crippen LogP contribution in [0.5, 0.6) is 0 Å². The molecule has 0 aromatic carbocycles. The van der Waals surface area contributed by atoms with E-state index < -0.39 is 6.17 Å². The van der Waals surface area contributed by atoms with Gasteiger partial charge in [0.15, 0.2) is 0 Å². The molecule has 2 N–H and O–H groups in total. The zero-order chi connectivity index (χ0) is 17.7. The number of allylic oxidation sites excluding steroid dienone is 1. The normalized spacial score (nSPS) is 16.0. The molecule has 0 amide bonds. The summed E-state index contributed by atoms with van der Waals surface area (Å²) in [4.78, 5) is 4.45. The lowest BCUT2D eigenvalue weighted by atomic mass is 9.95. The van der Waals surface area contributed by atoms with Crippen molar-refractivity contribution in [1.29, 1.82) is 0 Å². The van der Waals surface area contributed by atoms with Crippen LogP contribution >= 0.6 is 0 Å². The Bertz CT molecular complexity index is 594. The summed E-state index contributed by atoms with van der Waals surface area (Å²) in [5.41, 5.74) is 10.3. The second-order valence-electron chi connectivity index (χ2n) is 6.18. The standard InChI is InChI=1S/C19H30FN3/c1-8-16(10-21)19(20)15(7)23-11-17(9-2)18(14(23)6)13(5)22-12(3)4/h9,11,15-16,19H,2-3,8,10,21H2,1,4-7H3/b22-13-. The summed E-state index contributed by atoms with van der Waals surface area (Å²) in [6.45, 7) is 17.7. The van der Waals surface area contributed by atoms with E-state index in [1.807, 2.05) is 45.4 Å². The van der Waals surface area contributed by atoms with Gasteiger partial charge in [0.25, 0.3) is 0 Å². The van der Waals surface area contributed by atoms with E-state index in [9.17, 15) is 4.39 Å². The molecule has 3 atom stereocenters. The van der Waals surface area contributed by atoms with Gasteiger partial charge in [-0.2, -0.15) is 0 Å².